The van der Waals surface area contributed by atoms with Crippen LogP contribution in [0.4, 0.5) is 0 Å². The molecular weight excluding hydrogens is 344 g/mol. The second-order valence-electron chi connectivity index (χ2n) is 5.60. The molecule has 2 aromatic carbocycles. The molecule has 138 valence electrons. The van der Waals surface area contributed by atoms with Crippen LogP contribution in [-0.2, 0) is 11.2 Å². The number of aliphatic hydroxyl groups is 1. The van der Waals surface area contributed by atoms with Crippen molar-refractivity contribution >= 4 is 12.0 Å². The van der Waals surface area contributed by atoms with Crippen molar-refractivity contribution in [3.05, 3.63) is 77.2 Å². The van der Waals surface area contributed by atoms with E-state index < -0.39 is 0 Å². The highest BCUT2D eigenvalue weighted by molar-refractivity contribution is 5.81. The minimum atomic E-state index is -0.343. The minimum Gasteiger partial charge on any atom is -0.508 e. The van der Waals surface area contributed by atoms with E-state index in [-0.39, 0.29) is 23.8 Å². The first-order valence-corrected chi connectivity index (χ1v) is 8.13. The van der Waals surface area contributed by atoms with E-state index in [0.717, 1.165) is 5.56 Å². The average molecular weight is 364 g/mol. The van der Waals surface area contributed by atoms with Gasteiger partial charge >= 0.3 is 0 Å². The second-order valence-corrected chi connectivity index (χ2v) is 5.60. The molecule has 6 heteroatoms. The Morgan fingerprint density at radius 3 is 2.33 bits per heavy atom. The maximum absolute atomic E-state index is 12.1. The fraction of sp³-hybridized carbons (Fsp3) is 0.143. The first-order valence-electron chi connectivity index (χ1n) is 8.13. The van der Waals surface area contributed by atoms with E-state index in [0.29, 0.717) is 17.1 Å². The highest BCUT2D eigenvalue weighted by Crippen LogP contribution is 2.24. The number of nitrogens with zero attached hydrogens (tertiary/aromatic N) is 1. The number of carbonyl (C=O) groups is 1. The van der Waals surface area contributed by atoms with Crippen molar-refractivity contribution in [1.29, 1.82) is 5.26 Å². The van der Waals surface area contributed by atoms with Crippen LogP contribution in [0, 0.1) is 11.3 Å². The number of hydrogen-bond donors (Lipinski definition) is 2. The quantitative estimate of drug-likeness (QED) is 0.446. The summed E-state index contributed by atoms with van der Waals surface area (Å²) in [7, 11) is 3.05. The number of benzene rings is 2. The van der Waals surface area contributed by atoms with Gasteiger partial charge in [0, 0.05) is 12.1 Å². The Morgan fingerprint density at radius 1 is 1.15 bits per heavy atom. The lowest BCUT2D eigenvalue weighted by atomic mass is 10.1. The number of aliphatic hydroxyl groups excluding tert-OH is 1. The van der Waals surface area contributed by atoms with E-state index in [9.17, 15) is 15.2 Å². The number of nitriles is 1. The van der Waals surface area contributed by atoms with Gasteiger partial charge in [-0.05, 0) is 29.3 Å². The molecule has 2 aromatic rings. The molecule has 0 radical (unpaired) electrons. The van der Waals surface area contributed by atoms with Crippen LogP contribution in [0.3, 0.4) is 0 Å². The summed E-state index contributed by atoms with van der Waals surface area (Å²) in [4.78, 5) is 12.1. The summed E-state index contributed by atoms with van der Waals surface area (Å²) in [5, 5.41) is 21.8. The SMILES string of the molecule is COc1cc(/C=C(O)\C=C(/C#N)NC(=O)Cc2ccccc2)cc(OC)c1. The van der Waals surface area contributed by atoms with Crippen molar-refractivity contribution < 1.29 is 19.4 Å². The second kappa shape index (κ2) is 9.68. The van der Waals surface area contributed by atoms with E-state index >= 15 is 0 Å². The molecule has 0 bridgehead atoms. The van der Waals surface area contributed by atoms with Crippen LogP contribution in [0.25, 0.3) is 6.08 Å². The van der Waals surface area contributed by atoms with E-state index in [4.69, 9.17) is 9.47 Å². The molecule has 0 aliphatic carbocycles. The first-order chi connectivity index (χ1) is 13.0. The molecule has 0 aliphatic heterocycles. The normalized spacial score (nSPS) is 11.4. The van der Waals surface area contributed by atoms with Crippen molar-refractivity contribution in [2.24, 2.45) is 0 Å². The Balaban J connectivity index is 2.13. The topological polar surface area (TPSA) is 91.6 Å². The summed E-state index contributed by atoms with van der Waals surface area (Å²) in [6, 6.07) is 16.1. The summed E-state index contributed by atoms with van der Waals surface area (Å²) < 4.78 is 10.3. The molecule has 0 atom stereocenters. The summed E-state index contributed by atoms with van der Waals surface area (Å²) >= 11 is 0. The molecule has 0 aliphatic rings. The predicted molar refractivity (Wildman–Crippen MR) is 102 cm³/mol. The number of hydrogen-bond acceptors (Lipinski definition) is 5. The van der Waals surface area contributed by atoms with Crippen LogP contribution >= 0.6 is 0 Å². The maximum Gasteiger partial charge on any atom is 0.229 e. The first kappa shape index (κ1) is 19.6. The maximum atomic E-state index is 12.1. The number of carbonyl (C=O) groups excluding carboxylic acids is 1. The van der Waals surface area contributed by atoms with Crippen molar-refractivity contribution in [3.63, 3.8) is 0 Å². The van der Waals surface area contributed by atoms with E-state index in [1.165, 1.54) is 26.4 Å². The third-order valence-corrected chi connectivity index (χ3v) is 3.58. The lowest BCUT2D eigenvalue weighted by Crippen LogP contribution is -2.24. The standard InChI is InChI=1S/C21H20N2O4/c1-26-19-9-16(10-20(13-19)27-2)8-18(24)12-17(14-22)23-21(25)11-15-6-4-3-5-7-15/h3-10,12-13,24H,11H2,1-2H3,(H,23,25)/b17-12+,18-8+. The molecule has 0 unspecified atom stereocenters. The molecule has 0 aromatic heterocycles. The van der Waals surface area contributed by atoms with Gasteiger partial charge in [0.25, 0.3) is 0 Å². The van der Waals surface area contributed by atoms with Crippen molar-refractivity contribution in [1.82, 2.24) is 5.32 Å². The van der Waals surface area contributed by atoms with Gasteiger partial charge in [-0.25, -0.2) is 0 Å². The molecule has 27 heavy (non-hydrogen) atoms. The number of nitrogens with one attached hydrogen (secondary N) is 1. The molecule has 1 amide bonds. The highest BCUT2D eigenvalue weighted by atomic mass is 16.5. The Morgan fingerprint density at radius 2 is 1.78 bits per heavy atom. The molecule has 0 spiro atoms. The van der Waals surface area contributed by atoms with Crippen molar-refractivity contribution in [3.8, 4) is 17.6 Å². The van der Waals surface area contributed by atoms with Gasteiger partial charge in [0.1, 0.15) is 29.0 Å². The largest absolute Gasteiger partial charge is 0.508 e. The van der Waals surface area contributed by atoms with Crippen LogP contribution in [0.1, 0.15) is 11.1 Å². The Kier molecular flexibility index (Phi) is 7.03. The molecule has 2 rings (SSSR count). The van der Waals surface area contributed by atoms with E-state index in [1.807, 2.05) is 36.4 Å². The highest BCUT2D eigenvalue weighted by Gasteiger charge is 2.07. The Hall–Kier alpha value is -3.72. The average Bonchev–Trinajstić information content (AvgIpc) is 2.67. The molecule has 6 nitrogen and oxygen atoms in total. The minimum absolute atomic E-state index is 0.0560. The number of methoxy groups -OCH3 is 2. The van der Waals surface area contributed by atoms with Gasteiger partial charge in [-0.3, -0.25) is 4.79 Å². The van der Waals surface area contributed by atoms with E-state index in [2.05, 4.69) is 5.32 Å². The lowest BCUT2D eigenvalue weighted by Gasteiger charge is -2.06. The molecule has 0 heterocycles. The Bertz CT molecular complexity index is 874. The summed E-state index contributed by atoms with van der Waals surface area (Å²) in [5.41, 5.74) is 1.39. The van der Waals surface area contributed by atoms with Crippen molar-refractivity contribution in [2.45, 2.75) is 6.42 Å². The van der Waals surface area contributed by atoms with Gasteiger partial charge in [0.2, 0.25) is 5.91 Å². The number of allylic oxidation sites excluding steroid dienone is 2. The van der Waals surface area contributed by atoms with Gasteiger partial charge < -0.3 is 19.9 Å². The van der Waals surface area contributed by atoms with Gasteiger partial charge in [0.05, 0.1) is 20.6 Å². The smallest absolute Gasteiger partial charge is 0.229 e. The molecule has 0 fully saturated rings. The zero-order chi connectivity index (χ0) is 19.6. The Labute approximate surface area is 158 Å². The molecular formula is C21H20N2O4. The number of rotatable bonds is 7. The van der Waals surface area contributed by atoms with Gasteiger partial charge in [-0.15, -0.1) is 0 Å². The summed E-state index contributed by atoms with van der Waals surface area (Å²) in [5.74, 6) is 0.592. The monoisotopic (exact) mass is 364 g/mol. The number of amides is 1. The fourth-order valence-corrected chi connectivity index (χ4v) is 2.35. The third-order valence-electron chi connectivity index (χ3n) is 3.58. The molecule has 0 saturated heterocycles. The summed E-state index contributed by atoms with van der Waals surface area (Å²) in [6.45, 7) is 0. The van der Waals surface area contributed by atoms with Crippen LogP contribution in [0.15, 0.2) is 66.1 Å². The lowest BCUT2D eigenvalue weighted by molar-refractivity contribution is -0.119. The van der Waals surface area contributed by atoms with Crippen LogP contribution < -0.4 is 14.8 Å². The zero-order valence-electron chi connectivity index (χ0n) is 15.1. The summed E-state index contributed by atoms with van der Waals surface area (Å²) in [6.07, 6.45) is 2.76. The van der Waals surface area contributed by atoms with Crippen molar-refractivity contribution in [2.75, 3.05) is 14.2 Å². The molecule has 2 N–H and O–H groups in total. The van der Waals surface area contributed by atoms with E-state index in [1.54, 1.807) is 18.2 Å². The number of ether oxygens (including phenoxy) is 2. The van der Waals surface area contributed by atoms with Gasteiger partial charge in [0.15, 0.2) is 0 Å². The van der Waals surface area contributed by atoms with Gasteiger partial charge in [-0.1, -0.05) is 30.3 Å². The van der Waals surface area contributed by atoms with Crippen LogP contribution in [0.5, 0.6) is 11.5 Å². The predicted octanol–water partition coefficient (Wildman–Crippen LogP) is 3.37. The third kappa shape index (κ3) is 6.25. The van der Waals surface area contributed by atoms with Gasteiger partial charge in [-0.2, -0.15) is 5.26 Å². The zero-order valence-corrected chi connectivity index (χ0v) is 15.1. The van der Waals surface area contributed by atoms with Crippen LogP contribution in [-0.4, -0.2) is 25.2 Å². The molecule has 0 saturated carbocycles. The fourth-order valence-electron chi connectivity index (χ4n) is 2.35. The van der Waals surface area contributed by atoms with Crippen LogP contribution in [0.2, 0.25) is 0 Å².